The zero-order valence-corrected chi connectivity index (χ0v) is 18.3. The molecule has 0 unspecified atom stereocenters. The largest absolute Gasteiger partial charge is 0.495 e. The maximum atomic E-state index is 12.2. The molecular weight excluding hydrogens is 400 g/mol. The number of aryl methyl sites for hydroxylation is 2. The molecule has 30 heavy (non-hydrogen) atoms. The lowest BCUT2D eigenvalue weighted by Crippen LogP contribution is -2.16. The fourth-order valence-electron chi connectivity index (χ4n) is 3.43. The summed E-state index contributed by atoms with van der Waals surface area (Å²) in [5.74, 6) is 2.67. The Hall–Kier alpha value is -2.87. The van der Waals surface area contributed by atoms with Crippen molar-refractivity contribution < 1.29 is 9.47 Å². The van der Waals surface area contributed by atoms with Crippen LogP contribution in [0.4, 0.5) is 0 Å². The Labute approximate surface area is 179 Å². The van der Waals surface area contributed by atoms with Gasteiger partial charge in [-0.3, -0.25) is 9.78 Å². The molecule has 7 nitrogen and oxygen atoms in total. The van der Waals surface area contributed by atoms with Crippen molar-refractivity contribution in [2.75, 3.05) is 20.0 Å². The third-order valence-electron chi connectivity index (χ3n) is 5.31. The van der Waals surface area contributed by atoms with E-state index >= 15 is 0 Å². The highest BCUT2D eigenvalue weighted by Crippen LogP contribution is 2.47. The van der Waals surface area contributed by atoms with Gasteiger partial charge >= 0.3 is 0 Å². The molecule has 1 saturated carbocycles. The van der Waals surface area contributed by atoms with Gasteiger partial charge in [-0.15, -0.1) is 11.8 Å². The fraction of sp³-hybridized carbons (Fsp3) is 0.364. The Morgan fingerprint density at radius 1 is 1.23 bits per heavy atom. The van der Waals surface area contributed by atoms with Gasteiger partial charge in [-0.25, -0.2) is 4.98 Å². The zero-order chi connectivity index (χ0) is 21.3. The Kier molecular flexibility index (Phi) is 5.76. The van der Waals surface area contributed by atoms with Crippen molar-refractivity contribution in [3.8, 4) is 22.8 Å². The molecule has 0 aromatic carbocycles. The Balaban J connectivity index is 1.54. The monoisotopic (exact) mass is 424 g/mol. The standard InChI is InChI=1S/C22H24N4O3S/c1-13-23-10-18(17-8-21(27)26(2)11-20(17)30-4)22(25-13)29-12-14-7-16(14)19-6-5-15(28-3)9-24-19/h5-6,8-11,14,16H,7,12H2,1-4H3/t14-,16+/m1/s1. The maximum absolute atomic E-state index is 12.2. The van der Waals surface area contributed by atoms with E-state index in [0.29, 0.717) is 30.1 Å². The van der Waals surface area contributed by atoms with Crippen LogP contribution in [0.1, 0.15) is 23.9 Å². The van der Waals surface area contributed by atoms with Crippen molar-refractivity contribution >= 4 is 11.8 Å². The number of aromatic nitrogens is 4. The number of ether oxygens (including phenoxy) is 2. The van der Waals surface area contributed by atoms with Crippen LogP contribution < -0.4 is 15.0 Å². The van der Waals surface area contributed by atoms with Gasteiger partial charge in [0.15, 0.2) is 0 Å². The average Bonchev–Trinajstić information content (AvgIpc) is 3.54. The van der Waals surface area contributed by atoms with Crippen LogP contribution in [0.15, 0.2) is 46.5 Å². The second-order valence-electron chi connectivity index (χ2n) is 7.38. The summed E-state index contributed by atoms with van der Waals surface area (Å²) in [6.07, 6.45) is 8.33. The van der Waals surface area contributed by atoms with Crippen LogP contribution in [-0.4, -0.2) is 39.5 Å². The second kappa shape index (κ2) is 8.47. The first-order valence-corrected chi connectivity index (χ1v) is 10.9. The van der Waals surface area contributed by atoms with Gasteiger partial charge in [0.25, 0.3) is 5.56 Å². The summed E-state index contributed by atoms with van der Waals surface area (Å²) in [6, 6.07) is 5.56. The summed E-state index contributed by atoms with van der Waals surface area (Å²) in [5, 5.41) is 0. The molecule has 8 heteroatoms. The Morgan fingerprint density at radius 2 is 2.07 bits per heavy atom. The van der Waals surface area contributed by atoms with E-state index in [9.17, 15) is 4.79 Å². The minimum atomic E-state index is -0.0813. The quantitative estimate of drug-likeness (QED) is 0.538. The van der Waals surface area contributed by atoms with Crippen molar-refractivity contribution in [2.45, 2.75) is 24.2 Å². The zero-order valence-electron chi connectivity index (χ0n) is 17.5. The first kappa shape index (κ1) is 20.4. The number of nitrogens with zero attached hydrogens (tertiary/aromatic N) is 4. The van der Waals surface area contributed by atoms with E-state index in [4.69, 9.17) is 9.47 Å². The van der Waals surface area contributed by atoms with Gasteiger partial charge in [0.05, 0.1) is 25.5 Å². The molecule has 3 aromatic rings. The van der Waals surface area contributed by atoms with E-state index < -0.39 is 0 Å². The van der Waals surface area contributed by atoms with Crippen LogP contribution in [0.25, 0.3) is 11.1 Å². The predicted octanol–water partition coefficient (Wildman–Crippen LogP) is 3.46. The van der Waals surface area contributed by atoms with Gasteiger partial charge in [-0.1, -0.05) is 0 Å². The van der Waals surface area contributed by atoms with Crippen LogP contribution in [0, 0.1) is 12.8 Å². The van der Waals surface area contributed by atoms with Gasteiger partial charge in [0.2, 0.25) is 5.88 Å². The van der Waals surface area contributed by atoms with Crippen molar-refractivity contribution in [1.82, 2.24) is 19.5 Å². The van der Waals surface area contributed by atoms with Crippen LogP contribution in [0.5, 0.6) is 11.6 Å². The van der Waals surface area contributed by atoms with Gasteiger partial charge in [0.1, 0.15) is 11.6 Å². The van der Waals surface area contributed by atoms with Crippen molar-refractivity contribution in [3.05, 3.63) is 58.7 Å². The smallest absolute Gasteiger partial charge is 0.250 e. The summed E-state index contributed by atoms with van der Waals surface area (Å²) < 4.78 is 12.9. The number of rotatable bonds is 7. The van der Waals surface area contributed by atoms with E-state index in [-0.39, 0.29) is 5.56 Å². The molecule has 0 bridgehead atoms. The van der Waals surface area contributed by atoms with Crippen molar-refractivity contribution in [2.24, 2.45) is 13.0 Å². The van der Waals surface area contributed by atoms with Crippen molar-refractivity contribution in [1.29, 1.82) is 0 Å². The molecule has 0 amide bonds. The molecule has 0 radical (unpaired) electrons. The first-order valence-electron chi connectivity index (χ1n) is 9.71. The SMILES string of the molecule is COc1ccc([C@H]2C[C@@H]2COc2nc(C)ncc2-c2cc(=O)n(C)cc2SC)nc1. The summed E-state index contributed by atoms with van der Waals surface area (Å²) >= 11 is 1.57. The Morgan fingerprint density at radius 3 is 2.77 bits per heavy atom. The highest BCUT2D eigenvalue weighted by atomic mass is 32.2. The van der Waals surface area contributed by atoms with Crippen molar-refractivity contribution in [3.63, 3.8) is 0 Å². The molecule has 0 N–H and O–H groups in total. The highest BCUT2D eigenvalue weighted by Gasteiger charge is 2.40. The maximum Gasteiger partial charge on any atom is 0.250 e. The van der Waals surface area contributed by atoms with E-state index in [0.717, 1.165) is 33.9 Å². The normalized spacial score (nSPS) is 17.6. The van der Waals surface area contributed by atoms with E-state index in [1.54, 1.807) is 48.9 Å². The number of pyridine rings is 2. The summed E-state index contributed by atoms with van der Waals surface area (Å²) in [5.41, 5.74) is 2.51. The molecular formula is C22H24N4O3S. The minimum Gasteiger partial charge on any atom is -0.495 e. The Bertz CT molecular complexity index is 1110. The predicted molar refractivity (Wildman–Crippen MR) is 116 cm³/mol. The van der Waals surface area contributed by atoms with Gasteiger partial charge in [-0.2, -0.15) is 4.98 Å². The highest BCUT2D eigenvalue weighted by molar-refractivity contribution is 7.98. The summed E-state index contributed by atoms with van der Waals surface area (Å²) in [6.45, 7) is 2.37. The van der Waals surface area contributed by atoms with Gasteiger partial charge < -0.3 is 14.0 Å². The molecule has 0 spiro atoms. The second-order valence-corrected chi connectivity index (χ2v) is 8.22. The van der Waals surface area contributed by atoms with Gasteiger partial charge in [0, 0.05) is 53.5 Å². The summed E-state index contributed by atoms with van der Waals surface area (Å²) in [7, 11) is 3.38. The molecule has 3 aromatic heterocycles. The third-order valence-corrected chi connectivity index (χ3v) is 6.07. The topological polar surface area (TPSA) is 79.1 Å². The van der Waals surface area contributed by atoms with E-state index in [1.807, 2.05) is 31.5 Å². The van der Waals surface area contributed by atoms with Crippen LogP contribution in [0.3, 0.4) is 0 Å². The van der Waals surface area contributed by atoms with Crippen LogP contribution in [0.2, 0.25) is 0 Å². The number of hydrogen-bond acceptors (Lipinski definition) is 7. The minimum absolute atomic E-state index is 0.0813. The lowest BCUT2D eigenvalue weighted by atomic mass is 10.1. The molecule has 4 rings (SSSR count). The summed E-state index contributed by atoms with van der Waals surface area (Å²) in [4.78, 5) is 26.5. The molecule has 3 heterocycles. The van der Waals surface area contributed by atoms with Crippen LogP contribution in [-0.2, 0) is 7.05 Å². The molecule has 1 aliphatic carbocycles. The van der Waals surface area contributed by atoms with E-state index in [2.05, 4.69) is 15.0 Å². The van der Waals surface area contributed by atoms with E-state index in [1.165, 1.54) is 0 Å². The molecule has 0 aliphatic heterocycles. The number of thioether (sulfide) groups is 1. The first-order chi connectivity index (χ1) is 14.5. The third kappa shape index (κ3) is 4.18. The molecule has 2 atom stereocenters. The average molecular weight is 425 g/mol. The molecule has 0 saturated heterocycles. The number of methoxy groups -OCH3 is 1. The molecule has 156 valence electrons. The number of hydrogen-bond donors (Lipinski definition) is 0. The van der Waals surface area contributed by atoms with Crippen LogP contribution >= 0.6 is 11.8 Å². The molecule has 1 aliphatic rings. The lowest BCUT2D eigenvalue weighted by molar-refractivity contribution is 0.285. The lowest BCUT2D eigenvalue weighted by Gasteiger charge is -2.14. The fourth-order valence-corrected chi connectivity index (χ4v) is 4.09. The van der Waals surface area contributed by atoms with Gasteiger partial charge in [-0.05, 0) is 31.7 Å². The molecule has 1 fully saturated rings.